The number of hydrogen-bond acceptors (Lipinski definition) is 3. The van der Waals surface area contributed by atoms with E-state index in [-0.39, 0.29) is 12.0 Å². The zero-order valence-electron chi connectivity index (χ0n) is 9.47. The average molecular weight is 225 g/mol. The van der Waals surface area contributed by atoms with Crippen LogP contribution < -0.4 is 0 Å². The molecular weight excluding hydrogens is 206 g/mol. The Labute approximate surface area is 95.6 Å². The number of rotatable bonds is 3. The number of fused-ring (bicyclic) bond motifs is 2. The van der Waals surface area contributed by atoms with Gasteiger partial charge >= 0.3 is 5.97 Å². The van der Waals surface area contributed by atoms with E-state index in [1.54, 1.807) is 0 Å². The fourth-order valence-corrected chi connectivity index (χ4v) is 3.67. The molecule has 0 aromatic heterocycles. The molecule has 3 rings (SSSR count). The zero-order valence-corrected chi connectivity index (χ0v) is 9.47. The summed E-state index contributed by atoms with van der Waals surface area (Å²) in [4.78, 5) is 13.5. The molecule has 0 aromatic carbocycles. The first-order valence-corrected chi connectivity index (χ1v) is 6.36. The number of carboxylic acid groups (broad SMARTS) is 1. The summed E-state index contributed by atoms with van der Waals surface area (Å²) in [6.45, 7) is 1.84. The third-order valence-electron chi connectivity index (χ3n) is 4.44. The van der Waals surface area contributed by atoms with Gasteiger partial charge in [-0.2, -0.15) is 0 Å². The van der Waals surface area contributed by atoms with Gasteiger partial charge in [0.1, 0.15) is 0 Å². The number of ether oxygens (including phenoxy) is 1. The van der Waals surface area contributed by atoms with Crippen LogP contribution in [0.2, 0.25) is 0 Å². The Morgan fingerprint density at radius 2 is 2.25 bits per heavy atom. The van der Waals surface area contributed by atoms with Gasteiger partial charge in [0, 0.05) is 25.2 Å². The van der Waals surface area contributed by atoms with E-state index in [0.717, 1.165) is 38.8 Å². The number of nitrogens with zero attached hydrogens (tertiary/aromatic N) is 1. The Kier molecular flexibility index (Phi) is 2.64. The molecule has 0 spiro atoms. The van der Waals surface area contributed by atoms with E-state index in [1.165, 1.54) is 6.42 Å². The summed E-state index contributed by atoms with van der Waals surface area (Å²) in [5, 5.41) is 9.16. The van der Waals surface area contributed by atoms with Crippen LogP contribution in [0.5, 0.6) is 0 Å². The Morgan fingerprint density at radius 3 is 2.88 bits per heavy atom. The van der Waals surface area contributed by atoms with Gasteiger partial charge in [0.05, 0.1) is 12.0 Å². The van der Waals surface area contributed by atoms with Crippen LogP contribution in [0.3, 0.4) is 0 Å². The highest BCUT2D eigenvalue weighted by molar-refractivity contribution is 5.71. The summed E-state index contributed by atoms with van der Waals surface area (Å²) in [6, 6.07) is 0.794. The Morgan fingerprint density at radius 1 is 1.38 bits per heavy atom. The van der Waals surface area contributed by atoms with Crippen LogP contribution in [0.1, 0.15) is 32.1 Å². The molecule has 3 aliphatic rings. The third-order valence-corrected chi connectivity index (χ3v) is 4.44. The van der Waals surface area contributed by atoms with Crippen molar-refractivity contribution < 1.29 is 14.6 Å². The third kappa shape index (κ3) is 1.64. The van der Waals surface area contributed by atoms with Crippen molar-refractivity contribution in [3.63, 3.8) is 0 Å². The fraction of sp³-hybridized carbons (Fsp3) is 0.917. The minimum absolute atomic E-state index is 0.125. The lowest BCUT2D eigenvalue weighted by Gasteiger charge is -2.25. The molecule has 0 aromatic rings. The van der Waals surface area contributed by atoms with Crippen LogP contribution in [0.4, 0.5) is 0 Å². The van der Waals surface area contributed by atoms with Gasteiger partial charge in [0.2, 0.25) is 0 Å². The predicted molar refractivity (Wildman–Crippen MR) is 58.2 cm³/mol. The summed E-state index contributed by atoms with van der Waals surface area (Å²) in [5.74, 6) is -0.732. The summed E-state index contributed by atoms with van der Waals surface area (Å²) in [7, 11) is 0. The van der Waals surface area contributed by atoms with Gasteiger partial charge in [-0.25, -0.2) is 0 Å². The van der Waals surface area contributed by atoms with E-state index in [9.17, 15) is 4.79 Å². The van der Waals surface area contributed by atoms with Crippen LogP contribution in [0.15, 0.2) is 0 Å². The SMILES string of the molecule is O=C(O)C1CC2CCC1N2CC1CCCO1. The lowest BCUT2D eigenvalue weighted by atomic mass is 9.89. The molecule has 3 heterocycles. The molecular formula is C12H19NO3. The van der Waals surface area contributed by atoms with Gasteiger partial charge in [-0.05, 0) is 32.1 Å². The molecule has 4 atom stereocenters. The van der Waals surface area contributed by atoms with Crippen molar-refractivity contribution in [1.29, 1.82) is 0 Å². The van der Waals surface area contributed by atoms with Crippen molar-refractivity contribution in [2.75, 3.05) is 13.2 Å². The lowest BCUT2D eigenvalue weighted by molar-refractivity contribution is -0.142. The van der Waals surface area contributed by atoms with E-state index >= 15 is 0 Å². The maximum absolute atomic E-state index is 11.1. The van der Waals surface area contributed by atoms with E-state index in [0.29, 0.717) is 12.1 Å². The Hall–Kier alpha value is -0.610. The predicted octanol–water partition coefficient (Wildman–Crippen LogP) is 1.10. The number of carboxylic acids is 1. The molecule has 4 unspecified atom stereocenters. The largest absolute Gasteiger partial charge is 0.481 e. The molecule has 0 radical (unpaired) electrons. The number of aliphatic carboxylic acids is 1. The first kappa shape index (κ1) is 10.5. The first-order chi connectivity index (χ1) is 7.75. The minimum Gasteiger partial charge on any atom is -0.481 e. The molecule has 1 N–H and O–H groups in total. The second kappa shape index (κ2) is 4.00. The molecule has 3 aliphatic heterocycles. The lowest BCUT2D eigenvalue weighted by Crippen LogP contribution is -2.38. The van der Waals surface area contributed by atoms with Crippen molar-refractivity contribution in [2.24, 2.45) is 5.92 Å². The zero-order chi connectivity index (χ0) is 11.1. The highest BCUT2D eigenvalue weighted by Crippen LogP contribution is 2.42. The van der Waals surface area contributed by atoms with E-state index in [4.69, 9.17) is 9.84 Å². The fourth-order valence-electron chi connectivity index (χ4n) is 3.67. The summed E-state index contributed by atoms with van der Waals surface area (Å²) in [6.07, 6.45) is 5.77. The van der Waals surface area contributed by atoms with E-state index in [2.05, 4.69) is 4.90 Å². The van der Waals surface area contributed by atoms with Gasteiger partial charge < -0.3 is 9.84 Å². The monoisotopic (exact) mass is 225 g/mol. The standard InChI is InChI=1S/C12H19NO3/c14-12(15)10-6-8-3-4-11(10)13(8)7-9-2-1-5-16-9/h8-11H,1-7H2,(H,14,15). The quantitative estimate of drug-likeness (QED) is 0.781. The molecule has 16 heavy (non-hydrogen) atoms. The van der Waals surface area contributed by atoms with Crippen LogP contribution in [-0.4, -0.2) is 47.3 Å². The molecule has 90 valence electrons. The van der Waals surface area contributed by atoms with Crippen LogP contribution in [0.25, 0.3) is 0 Å². The second-order valence-corrected chi connectivity index (χ2v) is 5.31. The molecule has 3 saturated heterocycles. The highest BCUT2D eigenvalue weighted by atomic mass is 16.5. The van der Waals surface area contributed by atoms with E-state index < -0.39 is 5.97 Å². The van der Waals surface area contributed by atoms with Crippen molar-refractivity contribution >= 4 is 5.97 Å². The topological polar surface area (TPSA) is 49.8 Å². The second-order valence-electron chi connectivity index (χ2n) is 5.31. The van der Waals surface area contributed by atoms with Gasteiger partial charge in [0.25, 0.3) is 0 Å². The summed E-state index contributed by atoms with van der Waals surface area (Å²) >= 11 is 0. The van der Waals surface area contributed by atoms with Crippen molar-refractivity contribution in [1.82, 2.24) is 4.90 Å². The van der Waals surface area contributed by atoms with Crippen molar-refractivity contribution in [3.8, 4) is 0 Å². The normalized spacial score (nSPS) is 43.0. The molecule has 0 aliphatic carbocycles. The van der Waals surface area contributed by atoms with Gasteiger partial charge in [-0.3, -0.25) is 9.69 Å². The van der Waals surface area contributed by atoms with E-state index in [1.807, 2.05) is 0 Å². The van der Waals surface area contributed by atoms with Gasteiger partial charge in [-0.1, -0.05) is 0 Å². The van der Waals surface area contributed by atoms with Crippen molar-refractivity contribution in [2.45, 2.75) is 50.3 Å². The van der Waals surface area contributed by atoms with Crippen LogP contribution >= 0.6 is 0 Å². The summed E-state index contributed by atoms with van der Waals surface area (Å²) < 4.78 is 5.65. The molecule has 3 fully saturated rings. The van der Waals surface area contributed by atoms with Crippen LogP contribution in [-0.2, 0) is 9.53 Å². The molecule has 4 heteroatoms. The number of hydrogen-bond donors (Lipinski definition) is 1. The first-order valence-electron chi connectivity index (χ1n) is 6.36. The molecule has 2 bridgehead atoms. The Balaban J connectivity index is 1.65. The Bertz CT molecular complexity index is 288. The van der Waals surface area contributed by atoms with Crippen molar-refractivity contribution in [3.05, 3.63) is 0 Å². The number of carbonyl (C=O) groups is 1. The van der Waals surface area contributed by atoms with Gasteiger partial charge in [0.15, 0.2) is 0 Å². The maximum atomic E-state index is 11.1. The molecule has 4 nitrogen and oxygen atoms in total. The maximum Gasteiger partial charge on any atom is 0.308 e. The smallest absolute Gasteiger partial charge is 0.308 e. The average Bonchev–Trinajstić information content (AvgIpc) is 2.96. The highest BCUT2D eigenvalue weighted by Gasteiger charge is 2.49. The minimum atomic E-state index is -0.607. The molecule has 0 saturated carbocycles. The van der Waals surface area contributed by atoms with Crippen LogP contribution in [0, 0.1) is 5.92 Å². The van der Waals surface area contributed by atoms with Gasteiger partial charge in [-0.15, -0.1) is 0 Å². The molecule has 0 amide bonds. The summed E-state index contributed by atoms with van der Waals surface area (Å²) in [5.41, 5.74) is 0.